The van der Waals surface area contributed by atoms with Gasteiger partial charge in [0.15, 0.2) is 0 Å². The van der Waals surface area contributed by atoms with Gasteiger partial charge in [-0.1, -0.05) is 41.2 Å². The summed E-state index contributed by atoms with van der Waals surface area (Å²) in [6.45, 7) is 2.62. The Kier molecular flexibility index (Phi) is 6.00. The van der Waals surface area contributed by atoms with Gasteiger partial charge in [-0.25, -0.2) is 12.7 Å². The lowest BCUT2D eigenvalue weighted by molar-refractivity contribution is -0.120. The molecule has 0 saturated carbocycles. The molecular weight excluding hydrogens is 434 g/mol. The molecule has 0 spiro atoms. The van der Waals surface area contributed by atoms with Gasteiger partial charge in [0.1, 0.15) is 0 Å². The zero-order valence-electron chi connectivity index (χ0n) is 17.5. The van der Waals surface area contributed by atoms with Crippen LogP contribution in [0.15, 0.2) is 47.3 Å². The molecule has 1 amide bonds. The van der Waals surface area contributed by atoms with Crippen LogP contribution in [-0.2, 0) is 27.6 Å². The largest absolute Gasteiger partial charge is 0.326 e. The number of hydrogen-bond donors (Lipinski definition) is 1. The maximum atomic E-state index is 12.8. The molecule has 0 radical (unpaired) electrons. The minimum atomic E-state index is -3.42. The Morgan fingerprint density at radius 1 is 1.16 bits per heavy atom. The molecule has 164 valence electrons. The molecule has 7 nitrogen and oxygen atoms in total. The van der Waals surface area contributed by atoms with Crippen LogP contribution in [0.25, 0.3) is 10.2 Å². The Labute approximate surface area is 185 Å². The summed E-state index contributed by atoms with van der Waals surface area (Å²) in [5.41, 5.74) is 3.29. The highest BCUT2D eigenvalue weighted by Gasteiger charge is 2.31. The van der Waals surface area contributed by atoms with Gasteiger partial charge in [-0.3, -0.25) is 9.59 Å². The Hall–Kier alpha value is -2.49. The van der Waals surface area contributed by atoms with Crippen LogP contribution in [0.4, 0.5) is 5.69 Å². The summed E-state index contributed by atoms with van der Waals surface area (Å²) in [4.78, 5) is 24.5. The summed E-state index contributed by atoms with van der Waals surface area (Å²) in [6.07, 6.45) is 0.972. The van der Waals surface area contributed by atoms with Crippen molar-refractivity contribution < 1.29 is 13.2 Å². The summed E-state index contributed by atoms with van der Waals surface area (Å²) >= 11 is 1.14. The molecule has 9 heteroatoms. The number of aryl methyl sites for hydroxylation is 2. The molecule has 3 aromatic rings. The number of thiazole rings is 1. The van der Waals surface area contributed by atoms with E-state index in [4.69, 9.17) is 0 Å². The molecule has 1 N–H and O–H groups in total. The number of piperidine rings is 1. The molecule has 0 bridgehead atoms. The molecule has 1 aliphatic heterocycles. The quantitative estimate of drug-likeness (QED) is 0.635. The molecule has 1 fully saturated rings. The number of carbonyl (C=O) groups is 1. The van der Waals surface area contributed by atoms with Crippen LogP contribution in [0.3, 0.4) is 0 Å². The molecular formula is C22H25N3O4S2. The molecule has 0 aliphatic carbocycles. The van der Waals surface area contributed by atoms with Crippen LogP contribution in [0.2, 0.25) is 0 Å². The second kappa shape index (κ2) is 8.57. The van der Waals surface area contributed by atoms with Crippen molar-refractivity contribution in [2.24, 2.45) is 13.0 Å². The van der Waals surface area contributed by atoms with Gasteiger partial charge in [0.2, 0.25) is 15.9 Å². The van der Waals surface area contributed by atoms with Crippen LogP contribution >= 0.6 is 11.3 Å². The van der Waals surface area contributed by atoms with Gasteiger partial charge in [-0.15, -0.1) is 0 Å². The van der Waals surface area contributed by atoms with Crippen molar-refractivity contribution in [3.8, 4) is 0 Å². The van der Waals surface area contributed by atoms with E-state index in [0.29, 0.717) is 31.6 Å². The Balaban J connectivity index is 1.37. The van der Waals surface area contributed by atoms with Crippen molar-refractivity contribution in [2.45, 2.75) is 25.5 Å². The van der Waals surface area contributed by atoms with Crippen LogP contribution in [0, 0.1) is 12.8 Å². The van der Waals surface area contributed by atoms with E-state index in [9.17, 15) is 18.0 Å². The number of sulfonamides is 1. The van der Waals surface area contributed by atoms with Crippen LogP contribution in [0.1, 0.15) is 24.0 Å². The lowest BCUT2D eigenvalue weighted by atomic mass is 9.97. The number of nitrogens with zero attached hydrogens (tertiary/aromatic N) is 2. The van der Waals surface area contributed by atoms with E-state index in [1.807, 2.05) is 37.3 Å². The number of anilines is 1. The van der Waals surface area contributed by atoms with Crippen molar-refractivity contribution >= 4 is 43.2 Å². The molecule has 1 aliphatic rings. The Morgan fingerprint density at radius 2 is 1.90 bits per heavy atom. The highest BCUT2D eigenvalue weighted by atomic mass is 32.2. The number of hydrogen-bond acceptors (Lipinski definition) is 5. The molecule has 2 aromatic carbocycles. The van der Waals surface area contributed by atoms with Crippen LogP contribution in [0.5, 0.6) is 0 Å². The summed E-state index contributed by atoms with van der Waals surface area (Å²) in [6, 6.07) is 12.9. The van der Waals surface area contributed by atoms with Gasteiger partial charge < -0.3 is 9.88 Å². The third-order valence-corrected chi connectivity index (χ3v) is 8.55. The van der Waals surface area contributed by atoms with E-state index in [2.05, 4.69) is 5.32 Å². The minimum absolute atomic E-state index is 0.0223. The second-order valence-corrected chi connectivity index (χ2v) is 11.0. The maximum absolute atomic E-state index is 12.8. The van der Waals surface area contributed by atoms with Crippen LogP contribution < -0.4 is 10.2 Å². The normalized spacial score (nSPS) is 15.9. The fourth-order valence-electron chi connectivity index (χ4n) is 3.96. The number of rotatable bonds is 5. The monoisotopic (exact) mass is 459 g/mol. The highest BCUT2D eigenvalue weighted by molar-refractivity contribution is 7.88. The zero-order chi connectivity index (χ0) is 22.2. The lowest BCUT2D eigenvalue weighted by Gasteiger charge is -2.30. The first-order valence-corrected chi connectivity index (χ1v) is 12.6. The van der Waals surface area contributed by atoms with E-state index >= 15 is 0 Å². The van der Waals surface area contributed by atoms with Crippen molar-refractivity contribution in [1.29, 1.82) is 0 Å². The standard InChI is InChI=1S/C22H25N3O4S2/c1-15-4-3-5-16(12-15)14-31(28,29)25-10-8-17(9-11-25)21(26)23-18-6-7-19-20(13-18)30-22(27)24(19)2/h3-7,12-13,17H,8-11,14H2,1-2H3,(H,23,26). The average molecular weight is 460 g/mol. The SMILES string of the molecule is Cc1cccc(CS(=O)(=O)N2CCC(C(=O)Nc3ccc4c(c3)sc(=O)n4C)CC2)c1. The third-order valence-electron chi connectivity index (χ3n) is 5.71. The molecule has 2 heterocycles. The molecule has 31 heavy (non-hydrogen) atoms. The summed E-state index contributed by atoms with van der Waals surface area (Å²) in [5.74, 6) is -0.375. The molecule has 0 unspecified atom stereocenters. The third kappa shape index (κ3) is 4.73. The fraction of sp³-hybridized carbons (Fsp3) is 0.364. The summed E-state index contributed by atoms with van der Waals surface area (Å²) in [5, 5.41) is 2.92. The van der Waals surface area contributed by atoms with E-state index < -0.39 is 10.0 Å². The minimum Gasteiger partial charge on any atom is -0.326 e. The van der Waals surface area contributed by atoms with Crippen molar-refractivity contribution in [3.63, 3.8) is 0 Å². The highest BCUT2D eigenvalue weighted by Crippen LogP contribution is 2.25. The number of carbonyl (C=O) groups excluding carboxylic acids is 1. The lowest BCUT2D eigenvalue weighted by Crippen LogP contribution is -2.41. The molecule has 0 atom stereocenters. The van der Waals surface area contributed by atoms with Crippen molar-refractivity contribution in [2.75, 3.05) is 18.4 Å². The molecule has 1 aromatic heterocycles. The van der Waals surface area contributed by atoms with Crippen molar-refractivity contribution in [1.82, 2.24) is 8.87 Å². The van der Waals surface area contributed by atoms with Gasteiger partial charge in [0.25, 0.3) is 0 Å². The smallest absolute Gasteiger partial charge is 0.307 e. The van der Waals surface area contributed by atoms with Gasteiger partial charge in [0, 0.05) is 31.7 Å². The van der Waals surface area contributed by atoms with Gasteiger partial charge >= 0.3 is 4.87 Å². The second-order valence-electron chi connectivity index (χ2n) is 8.02. The predicted molar refractivity (Wildman–Crippen MR) is 124 cm³/mol. The van der Waals surface area contributed by atoms with Gasteiger partial charge in [-0.05, 0) is 43.5 Å². The summed E-state index contributed by atoms with van der Waals surface area (Å²) in [7, 11) is -1.69. The average Bonchev–Trinajstić information content (AvgIpc) is 3.01. The number of aromatic nitrogens is 1. The van der Waals surface area contributed by atoms with E-state index in [-0.39, 0.29) is 22.5 Å². The van der Waals surface area contributed by atoms with Crippen molar-refractivity contribution in [3.05, 3.63) is 63.3 Å². The van der Waals surface area contributed by atoms with E-state index in [1.165, 1.54) is 4.31 Å². The molecule has 1 saturated heterocycles. The predicted octanol–water partition coefficient (Wildman–Crippen LogP) is 3.09. The summed E-state index contributed by atoms with van der Waals surface area (Å²) < 4.78 is 29.5. The zero-order valence-corrected chi connectivity index (χ0v) is 19.1. The van der Waals surface area contributed by atoms with Gasteiger partial charge in [-0.2, -0.15) is 0 Å². The van der Waals surface area contributed by atoms with E-state index in [1.54, 1.807) is 23.7 Å². The Morgan fingerprint density at radius 3 is 2.61 bits per heavy atom. The first-order valence-electron chi connectivity index (χ1n) is 10.2. The topological polar surface area (TPSA) is 88.5 Å². The maximum Gasteiger partial charge on any atom is 0.307 e. The molecule has 4 rings (SSSR count). The first-order chi connectivity index (χ1) is 14.7. The number of benzene rings is 2. The number of amides is 1. The van der Waals surface area contributed by atoms with Crippen LogP contribution in [-0.4, -0.2) is 36.3 Å². The number of nitrogens with one attached hydrogen (secondary N) is 1. The van der Waals surface area contributed by atoms with Gasteiger partial charge in [0.05, 0.1) is 16.0 Å². The van der Waals surface area contributed by atoms with E-state index in [0.717, 1.165) is 32.7 Å². The fourth-order valence-corrected chi connectivity index (χ4v) is 6.43. The number of fused-ring (bicyclic) bond motifs is 1. The first kappa shape index (κ1) is 21.7. The Bertz CT molecular complexity index is 1290.